The average molecular weight is 258 g/mol. The Morgan fingerprint density at radius 2 is 2.11 bits per heavy atom. The topological polar surface area (TPSA) is 24.9 Å². The summed E-state index contributed by atoms with van der Waals surface area (Å²) in [5, 5.41) is 6.86. The van der Waals surface area contributed by atoms with Crippen LogP contribution in [0, 0.1) is 13.8 Å². The second-order valence-electron chi connectivity index (χ2n) is 5.08. The number of nitrogens with zero attached hydrogens (tertiary/aromatic N) is 1. The van der Waals surface area contributed by atoms with Gasteiger partial charge in [-0.05, 0) is 43.9 Å². The Kier molecular flexibility index (Phi) is 3.18. The van der Waals surface area contributed by atoms with Crippen molar-refractivity contribution in [3.05, 3.63) is 39.7 Å². The minimum absolute atomic E-state index is 0.749. The highest BCUT2D eigenvalue weighted by Crippen LogP contribution is 2.25. The summed E-state index contributed by atoms with van der Waals surface area (Å²) in [7, 11) is 0. The zero-order valence-electron chi connectivity index (χ0n) is 10.9. The molecule has 1 aliphatic rings. The zero-order valence-corrected chi connectivity index (χ0v) is 11.7. The van der Waals surface area contributed by atoms with E-state index in [1.165, 1.54) is 34.5 Å². The van der Waals surface area contributed by atoms with Gasteiger partial charge in [-0.15, -0.1) is 11.3 Å². The fraction of sp³-hybridized carbons (Fsp3) is 0.400. The van der Waals surface area contributed by atoms with E-state index < -0.39 is 0 Å². The van der Waals surface area contributed by atoms with Crippen LogP contribution in [0.15, 0.2) is 23.6 Å². The van der Waals surface area contributed by atoms with E-state index in [4.69, 9.17) is 4.98 Å². The van der Waals surface area contributed by atoms with Gasteiger partial charge in [0, 0.05) is 23.5 Å². The fourth-order valence-corrected chi connectivity index (χ4v) is 2.70. The molecule has 0 spiro atoms. The Morgan fingerprint density at radius 3 is 2.83 bits per heavy atom. The van der Waals surface area contributed by atoms with Gasteiger partial charge in [-0.2, -0.15) is 0 Å². The van der Waals surface area contributed by atoms with E-state index in [9.17, 15) is 0 Å². The van der Waals surface area contributed by atoms with E-state index in [1.54, 1.807) is 11.3 Å². The van der Waals surface area contributed by atoms with Gasteiger partial charge in [0.15, 0.2) is 0 Å². The Morgan fingerprint density at radius 1 is 1.28 bits per heavy atom. The van der Waals surface area contributed by atoms with Crippen molar-refractivity contribution in [2.75, 3.05) is 0 Å². The van der Waals surface area contributed by atoms with Crippen molar-refractivity contribution < 1.29 is 0 Å². The fourth-order valence-electron chi connectivity index (χ4n) is 1.94. The van der Waals surface area contributed by atoms with Crippen molar-refractivity contribution >= 4 is 11.3 Å². The van der Waals surface area contributed by atoms with Gasteiger partial charge in [0.25, 0.3) is 0 Å². The maximum Gasteiger partial charge on any atom is 0.107 e. The van der Waals surface area contributed by atoms with Gasteiger partial charge in [-0.25, -0.2) is 4.98 Å². The highest BCUT2D eigenvalue weighted by molar-refractivity contribution is 7.09. The molecule has 0 aliphatic heterocycles. The molecule has 1 aromatic heterocycles. The first-order valence-electron chi connectivity index (χ1n) is 6.48. The lowest BCUT2D eigenvalue weighted by Crippen LogP contribution is -2.14. The first-order chi connectivity index (χ1) is 8.72. The van der Waals surface area contributed by atoms with Crippen LogP contribution >= 0.6 is 11.3 Å². The van der Waals surface area contributed by atoms with Crippen LogP contribution < -0.4 is 5.32 Å². The van der Waals surface area contributed by atoms with Gasteiger partial charge >= 0.3 is 0 Å². The number of rotatable bonds is 4. The SMILES string of the molecule is Cc1ccc(-c2csc(CNC3CC3)n2)cc1C. The van der Waals surface area contributed by atoms with Crippen LogP contribution in [-0.2, 0) is 6.54 Å². The highest BCUT2D eigenvalue weighted by atomic mass is 32.1. The lowest BCUT2D eigenvalue weighted by atomic mass is 10.1. The van der Waals surface area contributed by atoms with Crippen LogP contribution in [0.1, 0.15) is 29.0 Å². The third kappa shape index (κ3) is 2.62. The third-order valence-corrected chi connectivity index (χ3v) is 4.32. The molecule has 18 heavy (non-hydrogen) atoms. The number of nitrogens with one attached hydrogen (secondary N) is 1. The van der Waals surface area contributed by atoms with Crippen LogP contribution in [0.2, 0.25) is 0 Å². The number of benzene rings is 1. The van der Waals surface area contributed by atoms with Crippen molar-refractivity contribution in [3.8, 4) is 11.3 Å². The molecule has 0 bridgehead atoms. The maximum atomic E-state index is 4.71. The monoisotopic (exact) mass is 258 g/mol. The molecule has 0 atom stereocenters. The molecule has 3 heteroatoms. The average Bonchev–Trinajstić information content (AvgIpc) is 3.08. The van der Waals surface area contributed by atoms with Gasteiger partial charge in [0.2, 0.25) is 0 Å². The molecule has 1 saturated carbocycles. The summed E-state index contributed by atoms with van der Waals surface area (Å²) in [5.74, 6) is 0. The minimum Gasteiger partial charge on any atom is -0.308 e. The predicted molar refractivity (Wildman–Crippen MR) is 76.9 cm³/mol. The molecule has 94 valence electrons. The summed E-state index contributed by atoms with van der Waals surface area (Å²) in [4.78, 5) is 4.71. The standard InChI is InChI=1S/C15H18N2S/c1-10-3-4-12(7-11(10)2)14-9-18-15(17-14)8-16-13-5-6-13/h3-4,7,9,13,16H,5-6,8H2,1-2H3. The quantitative estimate of drug-likeness (QED) is 0.905. The Balaban J connectivity index is 1.76. The molecule has 2 aromatic rings. The van der Waals surface area contributed by atoms with E-state index in [0.29, 0.717) is 0 Å². The molecular formula is C15H18N2S. The van der Waals surface area contributed by atoms with Gasteiger partial charge in [-0.3, -0.25) is 0 Å². The number of aromatic nitrogens is 1. The largest absolute Gasteiger partial charge is 0.308 e. The molecule has 1 aliphatic carbocycles. The highest BCUT2D eigenvalue weighted by Gasteiger charge is 2.20. The van der Waals surface area contributed by atoms with Gasteiger partial charge < -0.3 is 5.32 Å². The van der Waals surface area contributed by atoms with Crippen LogP contribution in [0.3, 0.4) is 0 Å². The summed E-state index contributed by atoms with van der Waals surface area (Å²) in [6.45, 7) is 5.21. The molecular weight excluding hydrogens is 240 g/mol. The number of hydrogen-bond acceptors (Lipinski definition) is 3. The summed E-state index contributed by atoms with van der Waals surface area (Å²) < 4.78 is 0. The van der Waals surface area contributed by atoms with Crippen molar-refractivity contribution in [1.82, 2.24) is 10.3 Å². The summed E-state index contributed by atoms with van der Waals surface area (Å²) >= 11 is 1.75. The normalized spacial score (nSPS) is 15.0. The summed E-state index contributed by atoms with van der Waals surface area (Å²) in [6, 6.07) is 7.31. The molecule has 0 radical (unpaired) electrons. The lowest BCUT2D eigenvalue weighted by Gasteiger charge is -2.02. The van der Waals surface area contributed by atoms with E-state index in [-0.39, 0.29) is 0 Å². The van der Waals surface area contributed by atoms with Crippen LogP contribution in [0.5, 0.6) is 0 Å². The molecule has 1 aromatic carbocycles. The lowest BCUT2D eigenvalue weighted by molar-refractivity contribution is 0.685. The van der Waals surface area contributed by atoms with E-state index >= 15 is 0 Å². The second-order valence-corrected chi connectivity index (χ2v) is 6.02. The van der Waals surface area contributed by atoms with Crippen molar-refractivity contribution in [2.45, 2.75) is 39.3 Å². The Hall–Kier alpha value is -1.19. The van der Waals surface area contributed by atoms with E-state index in [1.807, 2.05) is 0 Å². The summed E-state index contributed by atoms with van der Waals surface area (Å²) in [5.41, 5.74) is 5.01. The van der Waals surface area contributed by atoms with E-state index in [0.717, 1.165) is 18.3 Å². The molecule has 2 nitrogen and oxygen atoms in total. The first kappa shape index (κ1) is 11.9. The van der Waals surface area contributed by atoms with Gasteiger partial charge in [0.1, 0.15) is 5.01 Å². The zero-order chi connectivity index (χ0) is 12.5. The number of hydrogen-bond donors (Lipinski definition) is 1. The molecule has 0 unspecified atom stereocenters. The Labute approximate surface area is 112 Å². The van der Waals surface area contributed by atoms with Crippen LogP contribution in [0.25, 0.3) is 11.3 Å². The molecule has 0 saturated heterocycles. The molecule has 0 amide bonds. The summed E-state index contributed by atoms with van der Waals surface area (Å²) in [6.07, 6.45) is 2.66. The number of aryl methyl sites for hydroxylation is 2. The predicted octanol–water partition coefficient (Wildman–Crippen LogP) is 3.68. The van der Waals surface area contributed by atoms with Crippen molar-refractivity contribution in [1.29, 1.82) is 0 Å². The maximum absolute atomic E-state index is 4.71. The molecule has 3 rings (SSSR count). The number of thiazole rings is 1. The van der Waals surface area contributed by atoms with Crippen LogP contribution in [0.4, 0.5) is 0 Å². The molecule has 1 fully saturated rings. The van der Waals surface area contributed by atoms with Gasteiger partial charge in [0.05, 0.1) is 5.69 Å². The first-order valence-corrected chi connectivity index (χ1v) is 7.36. The molecule has 1 N–H and O–H groups in total. The van der Waals surface area contributed by atoms with Gasteiger partial charge in [-0.1, -0.05) is 12.1 Å². The minimum atomic E-state index is 0.749. The third-order valence-electron chi connectivity index (χ3n) is 3.47. The smallest absolute Gasteiger partial charge is 0.107 e. The molecule has 1 heterocycles. The van der Waals surface area contributed by atoms with Crippen molar-refractivity contribution in [2.24, 2.45) is 0 Å². The van der Waals surface area contributed by atoms with E-state index in [2.05, 4.69) is 42.7 Å². The second kappa shape index (κ2) is 4.82. The Bertz CT molecular complexity index is 555. The van der Waals surface area contributed by atoms with Crippen molar-refractivity contribution in [3.63, 3.8) is 0 Å². The van der Waals surface area contributed by atoms with Crippen LogP contribution in [-0.4, -0.2) is 11.0 Å².